The topological polar surface area (TPSA) is 38.7 Å². The predicted molar refractivity (Wildman–Crippen MR) is 108 cm³/mol. The van der Waals surface area contributed by atoms with Gasteiger partial charge in [0.05, 0.1) is 26.4 Å². The van der Waals surface area contributed by atoms with Gasteiger partial charge in [0.15, 0.2) is 0 Å². The van der Waals surface area contributed by atoms with Crippen molar-refractivity contribution >= 4 is 0 Å². The van der Waals surface area contributed by atoms with Crippen LogP contribution in [0.1, 0.15) is 37.8 Å². The largest absolute Gasteiger partial charge is 0.396 e. The lowest BCUT2D eigenvalue weighted by atomic mass is 9.80. The smallest absolute Gasteiger partial charge is 0.0717 e. The zero-order valence-electron chi connectivity index (χ0n) is 16.6. The molecular weight excluding hydrogens is 336 g/mol. The molecule has 0 aliphatic heterocycles. The summed E-state index contributed by atoms with van der Waals surface area (Å²) in [5, 5.41) is 9.95. The molecule has 0 amide bonds. The van der Waals surface area contributed by atoms with Crippen LogP contribution in [0.15, 0.2) is 60.7 Å². The first-order valence-corrected chi connectivity index (χ1v) is 9.89. The molecule has 0 unspecified atom stereocenters. The number of hydrogen-bond donors (Lipinski definition) is 1. The van der Waals surface area contributed by atoms with Gasteiger partial charge in [0.1, 0.15) is 0 Å². The monoisotopic (exact) mass is 368 g/mol. The quantitative estimate of drug-likeness (QED) is 0.689. The molecule has 0 bridgehead atoms. The molecule has 0 heterocycles. The molecule has 0 radical (unpaired) electrons. The van der Waals surface area contributed by atoms with Crippen LogP contribution >= 0.6 is 0 Å². The van der Waals surface area contributed by atoms with Gasteiger partial charge in [-0.25, -0.2) is 0 Å². The van der Waals surface area contributed by atoms with Crippen LogP contribution in [0.25, 0.3) is 0 Å². The summed E-state index contributed by atoms with van der Waals surface area (Å²) in [4.78, 5) is 0. The predicted octanol–water partition coefficient (Wildman–Crippen LogP) is 4.83. The second kappa shape index (κ2) is 9.01. The van der Waals surface area contributed by atoms with Crippen LogP contribution in [0.3, 0.4) is 0 Å². The average Bonchev–Trinajstić information content (AvgIpc) is 2.94. The third kappa shape index (κ3) is 5.19. The highest BCUT2D eigenvalue weighted by molar-refractivity contribution is 5.14. The zero-order valence-corrected chi connectivity index (χ0v) is 16.6. The van der Waals surface area contributed by atoms with Crippen molar-refractivity contribution in [2.75, 3.05) is 19.8 Å². The Morgan fingerprint density at radius 2 is 1.37 bits per heavy atom. The maximum absolute atomic E-state index is 9.95. The fraction of sp³-hybridized carbons (Fsp3) is 0.500. The molecule has 3 heteroatoms. The van der Waals surface area contributed by atoms with E-state index in [4.69, 9.17) is 9.47 Å². The molecule has 1 aliphatic carbocycles. The van der Waals surface area contributed by atoms with Crippen molar-refractivity contribution in [2.24, 2.45) is 16.7 Å². The molecule has 2 aromatic carbocycles. The lowest BCUT2D eigenvalue weighted by molar-refractivity contribution is -0.0375. The summed E-state index contributed by atoms with van der Waals surface area (Å²) in [5.74, 6) is 0.447. The number of rotatable bonds is 9. The number of aliphatic hydroxyl groups is 1. The second-order valence-electron chi connectivity index (χ2n) is 8.55. The molecule has 2 atom stereocenters. The molecule has 146 valence electrons. The van der Waals surface area contributed by atoms with E-state index in [-0.39, 0.29) is 17.4 Å². The summed E-state index contributed by atoms with van der Waals surface area (Å²) in [5.41, 5.74) is 2.27. The van der Waals surface area contributed by atoms with Gasteiger partial charge in [-0.15, -0.1) is 0 Å². The third-order valence-electron chi connectivity index (χ3n) is 6.11. The maximum Gasteiger partial charge on any atom is 0.0717 e. The lowest BCUT2D eigenvalue weighted by Crippen LogP contribution is -2.32. The molecule has 1 aliphatic rings. The van der Waals surface area contributed by atoms with Crippen molar-refractivity contribution in [1.82, 2.24) is 0 Å². The fourth-order valence-electron chi connectivity index (χ4n) is 4.39. The van der Waals surface area contributed by atoms with Crippen LogP contribution in [0.4, 0.5) is 0 Å². The van der Waals surface area contributed by atoms with Crippen LogP contribution in [0.2, 0.25) is 0 Å². The van der Waals surface area contributed by atoms with Crippen molar-refractivity contribution in [3.63, 3.8) is 0 Å². The van der Waals surface area contributed by atoms with Gasteiger partial charge < -0.3 is 14.6 Å². The van der Waals surface area contributed by atoms with Crippen molar-refractivity contribution in [3.8, 4) is 0 Å². The number of hydrogen-bond acceptors (Lipinski definition) is 3. The van der Waals surface area contributed by atoms with Gasteiger partial charge in [0.2, 0.25) is 0 Å². The van der Waals surface area contributed by atoms with Gasteiger partial charge in [-0.1, -0.05) is 74.5 Å². The second-order valence-corrected chi connectivity index (χ2v) is 8.55. The average molecular weight is 369 g/mol. The van der Waals surface area contributed by atoms with E-state index in [0.717, 1.165) is 12.8 Å². The highest BCUT2D eigenvalue weighted by Crippen LogP contribution is 2.53. The Balaban J connectivity index is 1.62. The summed E-state index contributed by atoms with van der Waals surface area (Å²) in [6, 6.07) is 20.6. The molecular formula is C24H32O3. The Morgan fingerprint density at radius 3 is 1.78 bits per heavy atom. The molecule has 1 saturated carbocycles. The third-order valence-corrected chi connectivity index (χ3v) is 6.11. The maximum atomic E-state index is 9.95. The lowest BCUT2D eigenvalue weighted by Gasteiger charge is -2.31. The van der Waals surface area contributed by atoms with Crippen molar-refractivity contribution in [2.45, 2.75) is 39.9 Å². The highest BCUT2D eigenvalue weighted by atomic mass is 16.5. The molecule has 1 fully saturated rings. The van der Waals surface area contributed by atoms with Crippen LogP contribution in [0, 0.1) is 16.7 Å². The Kier molecular flexibility index (Phi) is 6.69. The molecule has 3 rings (SSSR count). The van der Waals surface area contributed by atoms with Gasteiger partial charge in [0, 0.05) is 12.0 Å². The first-order valence-electron chi connectivity index (χ1n) is 9.89. The van der Waals surface area contributed by atoms with Crippen LogP contribution in [-0.2, 0) is 22.7 Å². The minimum Gasteiger partial charge on any atom is -0.396 e. The number of ether oxygens (including phenoxy) is 2. The molecule has 0 saturated heterocycles. The van der Waals surface area contributed by atoms with E-state index in [0.29, 0.717) is 32.3 Å². The summed E-state index contributed by atoms with van der Waals surface area (Å²) in [7, 11) is 0. The normalized spacial score (nSPS) is 24.2. The molecule has 2 aromatic rings. The fourth-order valence-corrected chi connectivity index (χ4v) is 4.39. The Labute approximate surface area is 163 Å². The van der Waals surface area contributed by atoms with E-state index in [1.54, 1.807) is 0 Å². The van der Waals surface area contributed by atoms with Gasteiger partial charge in [-0.05, 0) is 35.3 Å². The van der Waals surface area contributed by atoms with Crippen LogP contribution in [0.5, 0.6) is 0 Å². The SMILES string of the molecule is C[C@H]1CC(COCc2ccccc2)(COCc2ccccc2)C[C@]1(C)CO. The van der Waals surface area contributed by atoms with E-state index in [1.165, 1.54) is 11.1 Å². The first-order chi connectivity index (χ1) is 13.1. The summed E-state index contributed by atoms with van der Waals surface area (Å²) in [6.07, 6.45) is 1.95. The standard InChI is InChI=1S/C24H32O3/c1-20-13-24(16-23(20,2)17-25,18-26-14-21-9-5-3-6-10-21)19-27-15-22-11-7-4-8-12-22/h3-12,20,25H,13-19H2,1-2H3/t20-,23+/m0/s1. The van der Waals surface area contributed by atoms with E-state index in [9.17, 15) is 5.11 Å². The van der Waals surface area contributed by atoms with Gasteiger partial charge in [-0.2, -0.15) is 0 Å². The Bertz CT molecular complexity index is 640. The summed E-state index contributed by atoms with van der Waals surface area (Å²) < 4.78 is 12.3. The zero-order chi connectivity index (χ0) is 19.2. The number of aliphatic hydroxyl groups excluding tert-OH is 1. The number of benzene rings is 2. The van der Waals surface area contributed by atoms with E-state index in [1.807, 2.05) is 36.4 Å². The molecule has 1 N–H and O–H groups in total. The summed E-state index contributed by atoms with van der Waals surface area (Å²) in [6.45, 7) is 7.21. The van der Waals surface area contributed by atoms with Crippen LogP contribution < -0.4 is 0 Å². The van der Waals surface area contributed by atoms with Crippen molar-refractivity contribution in [1.29, 1.82) is 0 Å². The minimum atomic E-state index is -0.0633. The van der Waals surface area contributed by atoms with Crippen LogP contribution in [-0.4, -0.2) is 24.9 Å². The van der Waals surface area contributed by atoms with E-state index >= 15 is 0 Å². The Hall–Kier alpha value is -1.68. The van der Waals surface area contributed by atoms with E-state index < -0.39 is 0 Å². The van der Waals surface area contributed by atoms with E-state index in [2.05, 4.69) is 38.1 Å². The first kappa shape index (κ1) is 20.1. The highest BCUT2D eigenvalue weighted by Gasteiger charge is 2.50. The molecule has 27 heavy (non-hydrogen) atoms. The molecule has 0 aromatic heterocycles. The van der Waals surface area contributed by atoms with Gasteiger partial charge in [-0.3, -0.25) is 0 Å². The van der Waals surface area contributed by atoms with Crippen molar-refractivity contribution in [3.05, 3.63) is 71.8 Å². The molecule has 3 nitrogen and oxygen atoms in total. The summed E-state index contributed by atoms with van der Waals surface area (Å²) >= 11 is 0. The minimum absolute atomic E-state index is 0.0412. The molecule has 0 spiro atoms. The van der Waals surface area contributed by atoms with Gasteiger partial charge >= 0.3 is 0 Å². The van der Waals surface area contributed by atoms with Gasteiger partial charge in [0.25, 0.3) is 0 Å². The van der Waals surface area contributed by atoms with Crippen molar-refractivity contribution < 1.29 is 14.6 Å². The Morgan fingerprint density at radius 1 is 0.889 bits per heavy atom.